The molecule has 7 heteroatoms. The molecule has 30 heavy (non-hydrogen) atoms. The van der Waals surface area contributed by atoms with Crippen LogP contribution in [0, 0.1) is 6.92 Å². The summed E-state index contributed by atoms with van der Waals surface area (Å²) in [5.41, 5.74) is 4.37. The number of hydrogen-bond acceptors (Lipinski definition) is 5. The minimum Gasteiger partial charge on any atom is -0.465 e. The molecule has 156 valence electrons. The summed E-state index contributed by atoms with van der Waals surface area (Å²) in [5.74, 6) is 0.826. The number of aryl methyl sites for hydroxylation is 1. The molecule has 1 aromatic heterocycles. The van der Waals surface area contributed by atoms with Gasteiger partial charge in [0, 0.05) is 18.2 Å². The van der Waals surface area contributed by atoms with E-state index in [-0.39, 0.29) is 5.91 Å². The highest BCUT2D eigenvalue weighted by molar-refractivity contribution is 5.94. The summed E-state index contributed by atoms with van der Waals surface area (Å²) < 4.78 is 4.69. The van der Waals surface area contributed by atoms with Crippen LogP contribution in [0.1, 0.15) is 40.5 Å². The zero-order valence-corrected chi connectivity index (χ0v) is 17.3. The van der Waals surface area contributed by atoms with Crippen molar-refractivity contribution in [2.75, 3.05) is 32.1 Å². The maximum Gasteiger partial charge on any atom is 0.337 e. The minimum atomic E-state index is -0.395. The van der Waals surface area contributed by atoms with E-state index in [2.05, 4.69) is 39.0 Å². The average molecular weight is 406 g/mol. The van der Waals surface area contributed by atoms with E-state index in [1.54, 1.807) is 24.3 Å². The van der Waals surface area contributed by atoms with E-state index in [0.717, 1.165) is 42.8 Å². The Kier molecular flexibility index (Phi) is 5.81. The molecule has 1 amide bonds. The monoisotopic (exact) mass is 406 g/mol. The van der Waals surface area contributed by atoms with Crippen molar-refractivity contribution in [3.8, 4) is 0 Å². The summed E-state index contributed by atoms with van der Waals surface area (Å²) in [4.78, 5) is 34.4. The number of ether oxygens (including phenoxy) is 1. The number of carbonyl (C=O) groups is 2. The number of H-pyrrole nitrogens is 1. The van der Waals surface area contributed by atoms with Crippen LogP contribution in [-0.4, -0.2) is 53.5 Å². The standard InChI is InChI=1S/C23H26N4O3/c1-15-5-10-19-20(12-15)26-22(25-19)17-4-3-11-27(13-17)14-21(28)24-18-8-6-16(7-9-18)23(29)30-2/h5-10,12,17H,3-4,11,13-14H2,1-2H3,(H,24,28)(H,25,26)/t17-/m0/s1. The third-order valence-electron chi connectivity index (χ3n) is 5.50. The normalized spacial score (nSPS) is 17.1. The Hall–Kier alpha value is -3.19. The largest absolute Gasteiger partial charge is 0.465 e. The first-order chi connectivity index (χ1) is 14.5. The molecule has 1 atom stereocenters. The summed E-state index contributed by atoms with van der Waals surface area (Å²) in [7, 11) is 1.34. The first kappa shape index (κ1) is 20.1. The Morgan fingerprint density at radius 2 is 2.03 bits per heavy atom. The molecule has 2 heterocycles. The third-order valence-corrected chi connectivity index (χ3v) is 5.50. The number of methoxy groups -OCH3 is 1. The maximum absolute atomic E-state index is 12.5. The number of carbonyl (C=O) groups excluding carboxylic acids is 2. The number of piperidine rings is 1. The molecular formula is C23H26N4O3. The van der Waals surface area contributed by atoms with Crippen LogP contribution in [0.5, 0.6) is 0 Å². The number of nitrogens with zero attached hydrogens (tertiary/aromatic N) is 2. The van der Waals surface area contributed by atoms with Crippen molar-refractivity contribution in [2.24, 2.45) is 0 Å². The van der Waals surface area contributed by atoms with E-state index in [0.29, 0.717) is 23.7 Å². The Morgan fingerprint density at radius 3 is 2.80 bits per heavy atom. The van der Waals surface area contributed by atoms with Crippen molar-refractivity contribution >= 4 is 28.6 Å². The topological polar surface area (TPSA) is 87.3 Å². The minimum absolute atomic E-state index is 0.0679. The van der Waals surface area contributed by atoms with E-state index < -0.39 is 5.97 Å². The fraction of sp³-hybridized carbons (Fsp3) is 0.348. The van der Waals surface area contributed by atoms with Gasteiger partial charge in [-0.1, -0.05) is 6.07 Å². The second kappa shape index (κ2) is 8.67. The predicted octanol–water partition coefficient (Wildman–Crippen LogP) is 3.48. The van der Waals surface area contributed by atoms with Gasteiger partial charge in [-0.05, 0) is 68.3 Å². The first-order valence-electron chi connectivity index (χ1n) is 10.2. The highest BCUT2D eigenvalue weighted by Gasteiger charge is 2.25. The van der Waals surface area contributed by atoms with Crippen LogP contribution >= 0.6 is 0 Å². The summed E-state index contributed by atoms with van der Waals surface area (Å²) in [5, 5.41) is 2.90. The van der Waals surface area contributed by atoms with Crippen molar-refractivity contribution < 1.29 is 14.3 Å². The van der Waals surface area contributed by atoms with E-state index in [9.17, 15) is 9.59 Å². The number of hydrogen-bond donors (Lipinski definition) is 2. The van der Waals surface area contributed by atoms with Gasteiger partial charge in [-0.25, -0.2) is 9.78 Å². The molecule has 3 aromatic rings. The Morgan fingerprint density at radius 1 is 1.23 bits per heavy atom. The number of amides is 1. The molecule has 0 unspecified atom stereocenters. The van der Waals surface area contributed by atoms with E-state index >= 15 is 0 Å². The highest BCUT2D eigenvalue weighted by atomic mass is 16.5. The van der Waals surface area contributed by atoms with Gasteiger partial charge in [0.25, 0.3) is 0 Å². The number of benzene rings is 2. The molecule has 2 N–H and O–H groups in total. The zero-order chi connectivity index (χ0) is 21.1. The molecule has 0 saturated carbocycles. The van der Waals surface area contributed by atoms with E-state index in [4.69, 9.17) is 4.98 Å². The number of esters is 1. The molecule has 1 saturated heterocycles. The van der Waals surface area contributed by atoms with Gasteiger partial charge in [-0.2, -0.15) is 0 Å². The third kappa shape index (κ3) is 4.52. The summed E-state index contributed by atoms with van der Waals surface area (Å²) >= 11 is 0. The maximum atomic E-state index is 12.5. The summed E-state index contributed by atoms with van der Waals surface area (Å²) in [6.45, 7) is 4.09. The number of imidazole rings is 1. The second-order valence-electron chi connectivity index (χ2n) is 7.83. The van der Waals surface area contributed by atoms with Crippen LogP contribution in [-0.2, 0) is 9.53 Å². The van der Waals surface area contributed by atoms with Crippen molar-refractivity contribution in [3.63, 3.8) is 0 Å². The Bertz CT molecular complexity index is 1060. The fourth-order valence-electron chi connectivity index (χ4n) is 3.97. The summed E-state index contributed by atoms with van der Waals surface area (Å²) in [6.07, 6.45) is 2.09. The average Bonchev–Trinajstić information content (AvgIpc) is 3.17. The number of fused-ring (bicyclic) bond motifs is 1. The lowest BCUT2D eigenvalue weighted by molar-refractivity contribution is -0.117. The van der Waals surface area contributed by atoms with Gasteiger partial charge in [0.15, 0.2) is 0 Å². The lowest BCUT2D eigenvalue weighted by atomic mass is 9.97. The van der Waals surface area contributed by atoms with Crippen LogP contribution in [0.2, 0.25) is 0 Å². The fourth-order valence-corrected chi connectivity index (χ4v) is 3.97. The van der Waals surface area contributed by atoms with E-state index in [1.807, 2.05) is 6.07 Å². The number of likely N-dealkylation sites (tertiary alicyclic amines) is 1. The van der Waals surface area contributed by atoms with Crippen molar-refractivity contribution in [1.82, 2.24) is 14.9 Å². The number of anilines is 1. The van der Waals surface area contributed by atoms with Gasteiger partial charge < -0.3 is 15.0 Å². The highest BCUT2D eigenvalue weighted by Crippen LogP contribution is 2.27. The predicted molar refractivity (Wildman–Crippen MR) is 116 cm³/mol. The first-order valence-corrected chi connectivity index (χ1v) is 10.2. The molecule has 4 rings (SSSR count). The summed E-state index contributed by atoms with van der Waals surface area (Å²) in [6, 6.07) is 12.9. The Balaban J connectivity index is 1.36. The number of aromatic amines is 1. The molecule has 0 bridgehead atoms. The number of nitrogens with one attached hydrogen (secondary N) is 2. The Labute approximate surface area is 175 Å². The van der Waals surface area contributed by atoms with Gasteiger partial charge in [0.05, 0.1) is 30.3 Å². The van der Waals surface area contributed by atoms with Crippen molar-refractivity contribution in [1.29, 1.82) is 0 Å². The van der Waals surface area contributed by atoms with E-state index in [1.165, 1.54) is 12.7 Å². The molecule has 0 spiro atoms. The molecule has 2 aromatic carbocycles. The van der Waals surface area contributed by atoms with Gasteiger partial charge >= 0.3 is 5.97 Å². The van der Waals surface area contributed by atoms with Crippen LogP contribution < -0.4 is 5.32 Å². The van der Waals surface area contributed by atoms with Crippen molar-refractivity contribution in [2.45, 2.75) is 25.7 Å². The smallest absolute Gasteiger partial charge is 0.337 e. The molecule has 0 radical (unpaired) electrons. The quantitative estimate of drug-likeness (QED) is 0.634. The zero-order valence-electron chi connectivity index (χ0n) is 17.3. The lowest BCUT2D eigenvalue weighted by Crippen LogP contribution is -2.40. The van der Waals surface area contributed by atoms with Crippen LogP contribution in [0.3, 0.4) is 0 Å². The van der Waals surface area contributed by atoms with Gasteiger partial charge in [-0.3, -0.25) is 9.69 Å². The lowest BCUT2D eigenvalue weighted by Gasteiger charge is -2.31. The second-order valence-corrected chi connectivity index (χ2v) is 7.83. The molecule has 7 nitrogen and oxygen atoms in total. The van der Waals surface area contributed by atoms with Gasteiger partial charge in [-0.15, -0.1) is 0 Å². The van der Waals surface area contributed by atoms with Crippen LogP contribution in [0.15, 0.2) is 42.5 Å². The number of rotatable bonds is 5. The SMILES string of the molecule is COC(=O)c1ccc(NC(=O)CN2CCC[C@H](c3nc4ccc(C)cc4[nH]3)C2)cc1. The van der Waals surface area contributed by atoms with Gasteiger partial charge in [0.1, 0.15) is 5.82 Å². The molecule has 1 fully saturated rings. The molecular weight excluding hydrogens is 380 g/mol. The molecule has 1 aliphatic rings. The van der Waals surface area contributed by atoms with Crippen LogP contribution in [0.25, 0.3) is 11.0 Å². The molecule has 1 aliphatic heterocycles. The number of aromatic nitrogens is 2. The van der Waals surface area contributed by atoms with Crippen molar-refractivity contribution in [3.05, 3.63) is 59.4 Å². The van der Waals surface area contributed by atoms with Gasteiger partial charge in [0.2, 0.25) is 5.91 Å². The molecule has 0 aliphatic carbocycles. The van der Waals surface area contributed by atoms with Crippen LogP contribution in [0.4, 0.5) is 5.69 Å².